The number of thiophene rings is 1. The molecule has 2 rings (SSSR count). The largest absolute Gasteiger partial charge is 0.383 e. The highest BCUT2D eigenvalue weighted by Crippen LogP contribution is 2.24. The number of nitrogens with one attached hydrogen (secondary N) is 2. The minimum atomic E-state index is -1.09. The number of aliphatic hydroxyl groups is 1. The van der Waals surface area contributed by atoms with Gasteiger partial charge in [0.15, 0.2) is 0 Å². The van der Waals surface area contributed by atoms with Crippen LogP contribution in [0.15, 0.2) is 41.8 Å². The summed E-state index contributed by atoms with van der Waals surface area (Å²) in [4.78, 5) is 12.8. The van der Waals surface area contributed by atoms with Gasteiger partial charge in [0.2, 0.25) is 0 Å². The van der Waals surface area contributed by atoms with Crippen molar-refractivity contribution in [2.75, 3.05) is 19.0 Å². The molecule has 2 atom stereocenters. The van der Waals surface area contributed by atoms with E-state index in [0.717, 1.165) is 10.4 Å². The summed E-state index contributed by atoms with van der Waals surface area (Å²) in [6.45, 7) is 3.75. The van der Waals surface area contributed by atoms with Gasteiger partial charge in [-0.1, -0.05) is 18.2 Å². The van der Waals surface area contributed by atoms with Gasteiger partial charge in [-0.25, -0.2) is 4.79 Å². The van der Waals surface area contributed by atoms with Gasteiger partial charge in [-0.15, -0.1) is 11.3 Å². The summed E-state index contributed by atoms with van der Waals surface area (Å²) < 4.78 is 5.27. The third-order valence-electron chi connectivity index (χ3n) is 3.61. The Balaban J connectivity index is 1.92. The van der Waals surface area contributed by atoms with Gasteiger partial charge >= 0.3 is 6.03 Å². The second-order valence-corrected chi connectivity index (χ2v) is 6.51. The number of amides is 2. The Hall–Kier alpha value is -1.89. The molecule has 23 heavy (non-hydrogen) atoms. The van der Waals surface area contributed by atoms with E-state index in [1.165, 1.54) is 11.3 Å². The fourth-order valence-corrected chi connectivity index (χ4v) is 2.89. The molecular weight excluding hydrogens is 312 g/mol. The van der Waals surface area contributed by atoms with Crippen molar-refractivity contribution in [1.82, 2.24) is 5.32 Å². The number of hydrogen-bond donors (Lipinski definition) is 3. The number of carbonyl (C=O) groups excluding carboxylic acids is 1. The minimum Gasteiger partial charge on any atom is -0.383 e. The lowest BCUT2D eigenvalue weighted by atomic mass is 10.1. The van der Waals surface area contributed by atoms with Crippen LogP contribution in [-0.2, 0) is 10.3 Å². The number of rotatable bonds is 6. The third kappa shape index (κ3) is 4.79. The molecule has 0 saturated heterocycles. The smallest absolute Gasteiger partial charge is 0.319 e. The normalized spacial score (nSPS) is 14.8. The maximum absolute atomic E-state index is 12.0. The molecule has 0 fully saturated rings. The Morgan fingerprint density at radius 1 is 1.39 bits per heavy atom. The lowest BCUT2D eigenvalue weighted by Gasteiger charge is -2.22. The molecule has 0 saturated carbocycles. The molecule has 124 valence electrons. The van der Waals surface area contributed by atoms with Gasteiger partial charge in [0.1, 0.15) is 5.60 Å². The number of anilines is 1. The first kappa shape index (κ1) is 17.5. The van der Waals surface area contributed by atoms with Crippen molar-refractivity contribution in [2.24, 2.45) is 0 Å². The van der Waals surface area contributed by atoms with E-state index in [2.05, 4.69) is 10.6 Å². The molecule has 3 N–H and O–H groups in total. The van der Waals surface area contributed by atoms with Gasteiger partial charge in [-0.3, -0.25) is 0 Å². The van der Waals surface area contributed by atoms with Crippen LogP contribution < -0.4 is 10.6 Å². The SMILES string of the molecule is CO[C@H](C)c1cccc(NC(=O)NC[C@@](C)(O)c2cccs2)c1. The number of benzene rings is 1. The number of carbonyl (C=O) groups is 1. The summed E-state index contributed by atoms with van der Waals surface area (Å²) in [6.07, 6.45) is -0.0422. The van der Waals surface area contributed by atoms with Crippen molar-refractivity contribution in [2.45, 2.75) is 25.6 Å². The Labute approximate surface area is 140 Å². The van der Waals surface area contributed by atoms with Crippen molar-refractivity contribution in [3.05, 3.63) is 52.2 Å². The van der Waals surface area contributed by atoms with Gasteiger partial charge in [0.25, 0.3) is 0 Å². The predicted molar refractivity (Wildman–Crippen MR) is 92.8 cm³/mol. The second kappa shape index (κ2) is 7.59. The Bertz CT molecular complexity index is 641. The van der Waals surface area contributed by atoms with Crippen LogP contribution in [0.25, 0.3) is 0 Å². The topological polar surface area (TPSA) is 70.6 Å². The highest BCUT2D eigenvalue weighted by molar-refractivity contribution is 7.10. The van der Waals surface area contributed by atoms with Crippen molar-refractivity contribution in [3.8, 4) is 0 Å². The van der Waals surface area contributed by atoms with Crippen LogP contribution in [0.2, 0.25) is 0 Å². The molecule has 0 unspecified atom stereocenters. The summed E-state index contributed by atoms with van der Waals surface area (Å²) in [5.41, 5.74) is 0.577. The second-order valence-electron chi connectivity index (χ2n) is 5.56. The van der Waals surface area contributed by atoms with E-state index in [-0.39, 0.29) is 18.7 Å². The van der Waals surface area contributed by atoms with Crippen LogP contribution in [0.5, 0.6) is 0 Å². The average Bonchev–Trinajstić information content (AvgIpc) is 3.08. The fourth-order valence-electron chi connectivity index (χ4n) is 2.11. The number of hydrogen-bond acceptors (Lipinski definition) is 4. The van der Waals surface area contributed by atoms with Gasteiger partial charge in [-0.2, -0.15) is 0 Å². The molecule has 0 spiro atoms. The summed E-state index contributed by atoms with van der Waals surface area (Å²) >= 11 is 1.46. The van der Waals surface area contributed by atoms with Gasteiger partial charge in [-0.05, 0) is 43.0 Å². The molecule has 1 aromatic heterocycles. The number of ether oxygens (including phenoxy) is 1. The Morgan fingerprint density at radius 2 is 2.17 bits per heavy atom. The van der Waals surface area contributed by atoms with Gasteiger partial charge in [0, 0.05) is 17.7 Å². The van der Waals surface area contributed by atoms with E-state index in [1.54, 1.807) is 14.0 Å². The van der Waals surface area contributed by atoms with E-state index in [1.807, 2.05) is 48.7 Å². The molecule has 2 aromatic rings. The molecule has 2 amide bonds. The fraction of sp³-hybridized carbons (Fsp3) is 0.353. The Morgan fingerprint density at radius 3 is 2.83 bits per heavy atom. The zero-order valence-corrected chi connectivity index (χ0v) is 14.3. The minimum absolute atomic E-state index is 0.0422. The Kier molecular flexibility index (Phi) is 5.76. The monoisotopic (exact) mass is 334 g/mol. The van der Waals surface area contributed by atoms with Crippen LogP contribution in [0.1, 0.15) is 30.4 Å². The molecule has 5 nitrogen and oxygen atoms in total. The predicted octanol–water partition coefficient (Wildman–Crippen LogP) is 3.48. The molecule has 6 heteroatoms. The van der Waals surface area contributed by atoms with Crippen LogP contribution in [-0.4, -0.2) is 24.8 Å². The molecule has 0 aliphatic rings. The molecule has 1 aromatic carbocycles. The zero-order chi connectivity index (χ0) is 16.9. The van der Waals surface area contributed by atoms with E-state index < -0.39 is 5.60 Å². The lowest BCUT2D eigenvalue weighted by Crippen LogP contribution is -2.40. The molecule has 1 heterocycles. The molecule has 0 radical (unpaired) electrons. The molecule has 0 bridgehead atoms. The standard InChI is InChI=1S/C17H22N2O3S/c1-12(22-3)13-6-4-7-14(10-13)19-16(20)18-11-17(2,21)15-8-5-9-23-15/h4-10,12,21H,11H2,1-3H3,(H2,18,19,20)/t12-,17-/m1/s1. The maximum atomic E-state index is 12.0. The summed E-state index contributed by atoms with van der Waals surface area (Å²) in [5, 5.41) is 17.7. The van der Waals surface area contributed by atoms with Gasteiger partial charge in [0.05, 0.1) is 12.6 Å². The van der Waals surface area contributed by atoms with Crippen LogP contribution in [0.3, 0.4) is 0 Å². The highest BCUT2D eigenvalue weighted by atomic mass is 32.1. The van der Waals surface area contributed by atoms with Gasteiger partial charge < -0.3 is 20.5 Å². The van der Waals surface area contributed by atoms with E-state index in [9.17, 15) is 9.90 Å². The van der Waals surface area contributed by atoms with Crippen molar-refractivity contribution in [3.63, 3.8) is 0 Å². The first-order valence-corrected chi connectivity index (χ1v) is 8.24. The maximum Gasteiger partial charge on any atom is 0.319 e. The average molecular weight is 334 g/mol. The van der Waals surface area contributed by atoms with Crippen molar-refractivity contribution in [1.29, 1.82) is 0 Å². The van der Waals surface area contributed by atoms with Crippen LogP contribution in [0.4, 0.5) is 10.5 Å². The first-order valence-electron chi connectivity index (χ1n) is 7.36. The van der Waals surface area contributed by atoms with Crippen molar-refractivity contribution < 1.29 is 14.6 Å². The molecule has 0 aliphatic carbocycles. The number of urea groups is 1. The lowest BCUT2D eigenvalue weighted by molar-refractivity contribution is 0.0637. The van der Waals surface area contributed by atoms with E-state index >= 15 is 0 Å². The molecular formula is C17H22N2O3S. The summed E-state index contributed by atoms with van der Waals surface area (Å²) in [7, 11) is 1.64. The number of methoxy groups -OCH3 is 1. The highest BCUT2D eigenvalue weighted by Gasteiger charge is 2.24. The molecule has 0 aliphatic heterocycles. The van der Waals surface area contributed by atoms with Crippen LogP contribution in [0, 0.1) is 0 Å². The third-order valence-corrected chi connectivity index (χ3v) is 4.74. The zero-order valence-electron chi connectivity index (χ0n) is 13.5. The first-order chi connectivity index (χ1) is 10.9. The summed E-state index contributed by atoms with van der Waals surface area (Å²) in [5.74, 6) is 0. The van der Waals surface area contributed by atoms with Crippen LogP contribution >= 0.6 is 11.3 Å². The van der Waals surface area contributed by atoms with Crippen molar-refractivity contribution >= 4 is 23.1 Å². The van der Waals surface area contributed by atoms with E-state index in [0.29, 0.717) is 5.69 Å². The summed E-state index contributed by atoms with van der Waals surface area (Å²) in [6, 6.07) is 10.8. The van der Waals surface area contributed by atoms with E-state index in [4.69, 9.17) is 4.74 Å². The quantitative estimate of drug-likeness (QED) is 0.757.